The van der Waals surface area contributed by atoms with Gasteiger partial charge in [0.05, 0.1) is 6.04 Å². The average molecular weight is 207 g/mol. The molecule has 0 bridgehead atoms. The molecule has 2 nitrogen and oxygen atoms in total. The molecule has 80 valence electrons. The van der Waals surface area contributed by atoms with E-state index in [1.54, 1.807) is 6.07 Å². The van der Waals surface area contributed by atoms with E-state index < -0.39 is 0 Å². The maximum absolute atomic E-state index is 12.9. The van der Waals surface area contributed by atoms with E-state index in [-0.39, 0.29) is 23.7 Å². The Labute approximate surface area is 88.5 Å². The van der Waals surface area contributed by atoms with Gasteiger partial charge in [-0.1, -0.05) is 12.1 Å². The Morgan fingerprint density at radius 1 is 1.53 bits per heavy atom. The van der Waals surface area contributed by atoms with Crippen LogP contribution in [-0.2, 0) is 4.79 Å². The second kappa shape index (κ2) is 4.01. The van der Waals surface area contributed by atoms with Crippen molar-refractivity contribution in [2.24, 2.45) is 5.92 Å². The van der Waals surface area contributed by atoms with Crippen LogP contribution in [0, 0.1) is 11.7 Å². The Kier molecular flexibility index (Phi) is 2.71. The van der Waals surface area contributed by atoms with Crippen LogP contribution in [0.5, 0.6) is 0 Å². The Balaban J connectivity index is 2.00. The van der Waals surface area contributed by atoms with Crippen molar-refractivity contribution in [1.29, 1.82) is 0 Å². The molecular formula is C12H14FNO. The number of rotatable bonds is 3. The third-order valence-corrected chi connectivity index (χ3v) is 2.66. The summed E-state index contributed by atoms with van der Waals surface area (Å²) in [6.07, 6.45) is 1.98. The van der Waals surface area contributed by atoms with Crippen molar-refractivity contribution in [3.8, 4) is 0 Å². The number of hydrogen-bond acceptors (Lipinski definition) is 1. The summed E-state index contributed by atoms with van der Waals surface area (Å²) in [5.74, 6) is 0.0211. The lowest BCUT2D eigenvalue weighted by molar-refractivity contribution is -0.122. The monoisotopic (exact) mass is 207 g/mol. The molecule has 0 aromatic heterocycles. The molecule has 0 aliphatic heterocycles. The van der Waals surface area contributed by atoms with Gasteiger partial charge in [0.1, 0.15) is 5.82 Å². The van der Waals surface area contributed by atoms with Crippen molar-refractivity contribution < 1.29 is 9.18 Å². The summed E-state index contributed by atoms with van der Waals surface area (Å²) in [7, 11) is 0. The smallest absolute Gasteiger partial charge is 0.223 e. The minimum atomic E-state index is -0.264. The summed E-state index contributed by atoms with van der Waals surface area (Å²) in [6, 6.07) is 6.22. The zero-order valence-electron chi connectivity index (χ0n) is 8.66. The second-order valence-electron chi connectivity index (χ2n) is 4.06. The van der Waals surface area contributed by atoms with Crippen molar-refractivity contribution in [2.45, 2.75) is 25.8 Å². The van der Waals surface area contributed by atoms with Crippen LogP contribution >= 0.6 is 0 Å². The molecule has 15 heavy (non-hydrogen) atoms. The third-order valence-electron chi connectivity index (χ3n) is 2.66. The molecular weight excluding hydrogens is 193 g/mol. The fourth-order valence-corrected chi connectivity index (χ4v) is 1.54. The fourth-order valence-electron chi connectivity index (χ4n) is 1.54. The first-order valence-electron chi connectivity index (χ1n) is 5.22. The van der Waals surface area contributed by atoms with Gasteiger partial charge in [0.25, 0.3) is 0 Å². The van der Waals surface area contributed by atoms with Crippen LogP contribution < -0.4 is 5.32 Å². The first-order chi connectivity index (χ1) is 7.16. The molecule has 1 amide bonds. The van der Waals surface area contributed by atoms with Crippen LogP contribution in [0.2, 0.25) is 0 Å². The molecule has 3 heteroatoms. The van der Waals surface area contributed by atoms with Gasteiger partial charge in [0.2, 0.25) is 5.91 Å². The summed E-state index contributed by atoms with van der Waals surface area (Å²) in [6.45, 7) is 1.87. The van der Waals surface area contributed by atoms with E-state index in [1.165, 1.54) is 12.1 Å². The molecule has 1 aliphatic carbocycles. The topological polar surface area (TPSA) is 29.1 Å². The Morgan fingerprint density at radius 3 is 2.87 bits per heavy atom. The SMILES string of the molecule is C[C@H](NC(=O)C1CC1)c1cccc(F)c1. The largest absolute Gasteiger partial charge is 0.349 e. The Morgan fingerprint density at radius 2 is 2.27 bits per heavy atom. The molecule has 1 fully saturated rings. The molecule has 0 saturated heterocycles. The lowest BCUT2D eigenvalue weighted by Gasteiger charge is -2.13. The van der Waals surface area contributed by atoms with Gasteiger partial charge in [-0.2, -0.15) is 0 Å². The molecule has 1 aromatic carbocycles. The number of hydrogen-bond donors (Lipinski definition) is 1. The molecule has 1 aliphatic rings. The first kappa shape index (κ1) is 10.1. The first-order valence-corrected chi connectivity index (χ1v) is 5.22. The Bertz CT molecular complexity index is 374. The van der Waals surface area contributed by atoms with Crippen LogP contribution in [0.25, 0.3) is 0 Å². The van der Waals surface area contributed by atoms with Crippen molar-refractivity contribution in [1.82, 2.24) is 5.32 Å². The summed E-state index contributed by atoms with van der Waals surface area (Å²) in [4.78, 5) is 11.5. The van der Waals surface area contributed by atoms with E-state index in [2.05, 4.69) is 5.32 Å². The number of carbonyl (C=O) groups excluding carboxylic acids is 1. The zero-order valence-corrected chi connectivity index (χ0v) is 8.66. The fraction of sp³-hybridized carbons (Fsp3) is 0.417. The lowest BCUT2D eigenvalue weighted by Crippen LogP contribution is -2.27. The quantitative estimate of drug-likeness (QED) is 0.810. The number of nitrogens with one attached hydrogen (secondary N) is 1. The minimum absolute atomic E-state index is 0.0896. The standard InChI is InChI=1S/C12H14FNO/c1-8(14-12(15)9-5-6-9)10-3-2-4-11(13)7-10/h2-4,7-9H,5-6H2,1H3,(H,14,15)/t8-/m0/s1. The molecule has 0 heterocycles. The highest BCUT2D eigenvalue weighted by molar-refractivity contribution is 5.81. The van der Waals surface area contributed by atoms with Crippen LogP contribution in [0.1, 0.15) is 31.4 Å². The van der Waals surface area contributed by atoms with Crippen LogP contribution in [0.15, 0.2) is 24.3 Å². The average Bonchev–Trinajstić information content (AvgIpc) is 3.00. The van der Waals surface area contributed by atoms with Crippen molar-refractivity contribution in [3.63, 3.8) is 0 Å². The molecule has 1 N–H and O–H groups in total. The van der Waals surface area contributed by atoms with Gasteiger partial charge in [-0.15, -0.1) is 0 Å². The molecule has 0 unspecified atom stereocenters. The second-order valence-corrected chi connectivity index (χ2v) is 4.06. The minimum Gasteiger partial charge on any atom is -0.349 e. The number of benzene rings is 1. The lowest BCUT2D eigenvalue weighted by atomic mass is 10.1. The highest BCUT2D eigenvalue weighted by Crippen LogP contribution is 2.29. The van der Waals surface area contributed by atoms with Crippen molar-refractivity contribution >= 4 is 5.91 Å². The van der Waals surface area contributed by atoms with E-state index in [0.717, 1.165) is 18.4 Å². The molecule has 0 spiro atoms. The van der Waals surface area contributed by atoms with Gasteiger partial charge in [0, 0.05) is 5.92 Å². The Hall–Kier alpha value is -1.38. The predicted octanol–water partition coefficient (Wildman–Crippen LogP) is 2.41. The molecule has 0 radical (unpaired) electrons. The van der Waals surface area contributed by atoms with Crippen LogP contribution in [-0.4, -0.2) is 5.91 Å². The van der Waals surface area contributed by atoms with Gasteiger partial charge in [-0.3, -0.25) is 4.79 Å². The van der Waals surface area contributed by atoms with Gasteiger partial charge in [0.15, 0.2) is 0 Å². The molecule has 1 saturated carbocycles. The maximum atomic E-state index is 12.9. The van der Waals surface area contributed by atoms with E-state index in [0.29, 0.717) is 0 Å². The molecule has 1 aromatic rings. The van der Waals surface area contributed by atoms with Crippen LogP contribution in [0.3, 0.4) is 0 Å². The van der Waals surface area contributed by atoms with Gasteiger partial charge in [-0.05, 0) is 37.5 Å². The predicted molar refractivity (Wildman–Crippen MR) is 55.7 cm³/mol. The summed E-state index contributed by atoms with van der Waals surface area (Å²) in [5, 5.41) is 2.88. The summed E-state index contributed by atoms with van der Waals surface area (Å²) in [5.41, 5.74) is 0.809. The maximum Gasteiger partial charge on any atom is 0.223 e. The number of amides is 1. The highest BCUT2D eigenvalue weighted by Gasteiger charge is 2.30. The third kappa shape index (κ3) is 2.55. The summed E-state index contributed by atoms with van der Waals surface area (Å²) < 4.78 is 12.9. The van der Waals surface area contributed by atoms with Gasteiger partial charge >= 0.3 is 0 Å². The normalized spacial score (nSPS) is 17.2. The zero-order chi connectivity index (χ0) is 10.8. The highest BCUT2D eigenvalue weighted by atomic mass is 19.1. The van der Waals surface area contributed by atoms with Gasteiger partial charge in [-0.25, -0.2) is 4.39 Å². The van der Waals surface area contributed by atoms with E-state index >= 15 is 0 Å². The van der Waals surface area contributed by atoms with Gasteiger partial charge < -0.3 is 5.32 Å². The van der Waals surface area contributed by atoms with E-state index in [1.807, 2.05) is 13.0 Å². The van der Waals surface area contributed by atoms with Crippen molar-refractivity contribution in [3.05, 3.63) is 35.6 Å². The van der Waals surface area contributed by atoms with Crippen molar-refractivity contribution in [2.75, 3.05) is 0 Å². The molecule has 1 atom stereocenters. The summed E-state index contributed by atoms with van der Waals surface area (Å²) >= 11 is 0. The number of carbonyl (C=O) groups is 1. The molecule has 2 rings (SSSR count). The van der Waals surface area contributed by atoms with Crippen LogP contribution in [0.4, 0.5) is 4.39 Å². The van der Waals surface area contributed by atoms with E-state index in [4.69, 9.17) is 0 Å². The number of halogens is 1. The van der Waals surface area contributed by atoms with E-state index in [9.17, 15) is 9.18 Å².